The lowest BCUT2D eigenvalue weighted by atomic mass is 9.85. The first kappa shape index (κ1) is 12.9. The predicted octanol–water partition coefficient (Wildman–Crippen LogP) is 3.23. The van der Waals surface area contributed by atoms with E-state index in [9.17, 15) is 9.90 Å². The van der Waals surface area contributed by atoms with Crippen molar-refractivity contribution in [2.45, 2.75) is 37.9 Å². The van der Waals surface area contributed by atoms with E-state index < -0.39 is 6.09 Å². The Hall–Kier alpha value is -1.81. The Morgan fingerprint density at radius 3 is 3.00 bits per heavy atom. The quantitative estimate of drug-likeness (QED) is 0.862. The Kier molecular flexibility index (Phi) is 3.00. The lowest BCUT2D eigenvalue weighted by molar-refractivity contribution is 0.0253. The SMILES string of the molecule is O=C(O)N1CC2OCc3c(C4=CCCC4)cccc3C2C1. The molecule has 1 amide bonds. The number of hydrogen-bond acceptors (Lipinski definition) is 2. The third kappa shape index (κ3) is 2.05. The summed E-state index contributed by atoms with van der Waals surface area (Å²) in [6, 6.07) is 6.45. The van der Waals surface area contributed by atoms with E-state index in [-0.39, 0.29) is 12.0 Å². The molecule has 110 valence electrons. The molecule has 4 heteroatoms. The van der Waals surface area contributed by atoms with Gasteiger partial charge in [0.15, 0.2) is 0 Å². The number of hydrogen-bond donors (Lipinski definition) is 1. The van der Waals surface area contributed by atoms with Crippen molar-refractivity contribution in [2.75, 3.05) is 13.1 Å². The molecule has 1 aromatic carbocycles. The average molecular weight is 285 g/mol. The normalized spacial score (nSPS) is 27.2. The van der Waals surface area contributed by atoms with Crippen molar-refractivity contribution in [3.63, 3.8) is 0 Å². The summed E-state index contributed by atoms with van der Waals surface area (Å²) in [6.07, 6.45) is 5.05. The zero-order valence-corrected chi connectivity index (χ0v) is 11.9. The largest absolute Gasteiger partial charge is 0.465 e. The number of allylic oxidation sites excluding steroid dienone is 2. The van der Waals surface area contributed by atoms with Crippen LogP contribution in [0.3, 0.4) is 0 Å². The number of benzene rings is 1. The highest BCUT2D eigenvalue weighted by molar-refractivity contribution is 5.71. The van der Waals surface area contributed by atoms with Crippen LogP contribution in [0.2, 0.25) is 0 Å². The maximum atomic E-state index is 11.2. The molecule has 2 unspecified atom stereocenters. The minimum absolute atomic E-state index is 0.0152. The van der Waals surface area contributed by atoms with Crippen LogP contribution in [-0.2, 0) is 11.3 Å². The zero-order chi connectivity index (χ0) is 14.4. The number of carboxylic acid groups (broad SMARTS) is 1. The fourth-order valence-electron chi connectivity index (χ4n) is 3.92. The summed E-state index contributed by atoms with van der Waals surface area (Å²) in [5.74, 6) is 0.187. The number of ether oxygens (including phenoxy) is 1. The van der Waals surface area contributed by atoms with Gasteiger partial charge in [0.05, 0.1) is 19.3 Å². The molecule has 1 fully saturated rings. The van der Waals surface area contributed by atoms with Crippen LogP contribution < -0.4 is 0 Å². The van der Waals surface area contributed by atoms with Gasteiger partial charge in [-0.15, -0.1) is 0 Å². The monoisotopic (exact) mass is 285 g/mol. The molecule has 4 nitrogen and oxygen atoms in total. The van der Waals surface area contributed by atoms with Crippen molar-refractivity contribution in [1.29, 1.82) is 0 Å². The molecule has 0 bridgehead atoms. The van der Waals surface area contributed by atoms with Crippen molar-refractivity contribution >= 4 is 11.7 Å². The van der Waals surface area contributed by atoms with Crippen molar-refractivity contribution in [3.8, 4) is 0 Å². The Bertz CT molecular complexity index is 622. The van der Waals surface area contributed by atoms with Crippen LogP contribution in [0.25, 0.3) is 5.57 Å². The maximum Gasteiger partial charge on any atom is 0.407 e. The Balaban J connectivity index is 1.72. The smallest absolute Gasteiger partial charge is 0.407 e. The molecule has 2 atom stereocenters. The zero-order valence-electron chi connectivity index (χ0n) is 11.9. The topological polar surface area (TPSA) is 49.8 Å². The number of amides is 1. The van der Waals surface area contributed by atoms with Crippen molar-refractivity contribution in [3.05, 3.63) is 41.0 Å². The number of nitrogens with zero attached hydrogens (tertiary/aromatic N) is 1. The molecule has 3 aliphatic rings. The van der Waals surface area contributed by atoms with Crippen molar-refractivity contribution in [2.24, 2.45) is 0 Å². The Morgan fingerprint density at radius 1 is 1.33 bits per heavy atom. The molecule has 0 saturated carbocycles. The van der Waals surface area contributed by atoms with Gasteiger partial charge < -0.3 is 14.7 Å². The van der Waals surface area contributed by atoms with E-state index in [1.54, 1.807) is 0 Å². The van der Waals surface area contributed by atoms with E-state index in [2.05, 4.69) is 24.3 Å². The highest BCUT2D eigenvalue weighted by atomic mass is 16.5. The molecule has 0 aromatic heterocycles. The minimum atomic E-state index is -0.843. The van der Waals surface area contributed by atoms with Gasteiger partial charge in [-0.25, -0.2) is 4.79 Å². The van der Waals surface area contributed by atoms with Gasteiger partial charge >= 0.3 is 6.09 Å². The van der Waals surface area contributed by atoms with Crippen LogP contribution in [0.15, 0.2) is 24.3 Å². The van der Waals surface area contributed by atoms with Crippen molar-refractivity contribution in [1.82, 2.24) is 4.90 Å². The summed E-state index contributed by atoms with van der Waals surface area (Å²) in [4.78, 5) is 12.7. The molecule has 1 saturated heterocycles. The first-order valence-corrected chi connectivity index (χ1v) is 7.64. The summed E-state index contributed by atoms with van der Waals surface area (Å²) >= 11 is 0. The standard InChI is InChI=1S/C17H19NO3/c19-17(20)18-8-14-13-7-3-6-12(11-4-1-2-5-11)15(13)10-21-16(14)9-18/h3-4,6-7,14,16H,1-2,5,8-10H2,(H,19,20). The minimum Gasteiger partial charge on any atom is -0.465 e. The Labute approximate surface area is 124 Å². The van der Waals surface area contributed by atoms with Gasteiger partial charge in [-0.2, -0.15) is 0 Å². The lowest BCUT2D eigenvalue weighted by Crippen LogP contribution is -2.29. The fraction of sp³-hybridized carbons (Fsp3) is 0.471. The molecular weight excluding hydrogens is 266 g/mol. The summed E-state index contributed by atoms with van der Waals surface area (Å²) < 4.78 is 5.98. The number of rotatable bonds is 1. The fourth-order valence-corrected chi connectivity index (χ4v) is 3.92. The third-order valence-electron chi connectivity index (χ3n) is 4.98. The summed E-state index contributed by atoms with van der Waals surface area (Å²) in [5.41, 5.74) is 5.32. The molecule has 0 spiro atoms. The van der Waals surface area contributed by atoms with Crippen LogP contribution in [-0.4, -0.2) is 35.3 Å². The van der Waals surface area contributed by atoms with Gasteiger partial charge in [0, 0.05) is 12.5 Å². The van der Waals surface area contributed by atoms with Gasteiger partial charge in [0.1, 0.15) is 0 Å². The van der Waals surface area contributed by atoms with E-state index in [0.29, 0.717) is 19.7 Å². The number of fused-ring (bicyclic) bond motifs is 3. The second kappa shape index (κ2) is 4.88. The first-order chi connectivity index (χ1) is 10.2. The Morgan fingerprint density at radius 2 is 2.24 bits per heavy atom. The van der Waals surface area contributed by atoms with E-state index in [1.165, 1.54) is 40.0 Å². The maximum absolute atomic E-state index is 11.2. The molecule has 1 aliphatic carbocycles. The van der Waals surface area contributed by atoms with Crippen LogP contribution in [0, 0.1) is 0 Å². The van der Waals surface area contributed by atoms with Gasteiger partial charge in [0.25, 0.3) is 0 Å². The molecule has 2 heterocycles. The molecular formula is C17H19NO3. The van der Waals surface area contributed by atoms with E-state index in [0.717, 1.165) is 6.42 Å². The summed E-state index contributed by atoms with van der Waals surface area (Å²) in [5, 5.41) is 9.20. The molecule has 1 aromatic rings. The van der Waals surface area contributed by atoms with Gasteiger partial charge in [-0.3, -0.25) is 0 Å². The highest BCUT2D eigenvalue weighted by Gasteiger charge is 2.41. The lowest BCUT2D eigenvalue weighted by Gasteiger charge is -2.29. The van der Waals surface area contributed by atoms with Gasteiger partial charge in [0.2, 0.25) is 0 Å². The van der Waals surface area contributed by atoms with E-state index in [4.69, 9.17) is 4.74 Å². The van der Waals surface area contributed by atoms with Crippen LogP contribution in [0.4, 0.5) is 4.79 Å². The second-order valence-corrected chi connectivity index (χ2v) is 6.14. The molecule has 21 heavy (non-hydrogen) atoms. The summed E-state index contributed by atoms with van der Waals surface area (Å²) in [7, 11) is 0. The molecule has 2 aliphatic heterocycles. The molecule has 4 rings (SSSR count). The van der Waals surface area contributed by atoms with E-state index >= 15 is 0 Å². The van der Waals surface area contributed by atoms with Gasteiger partial charge in [-0.05, 0) is 41.5 Å². The van der Waals surface area contributed by atoms with Crippen LogP contribution in [0.1, 0.15) is 41.9 Å². The number of carbonyl (C=O) groups is 1. The first-order valence-electron chi connectivity index (χ1n) is 7.64. The average Bonchev–Trinajstić information content (AvgIpc) is 3.15. The number of likely N-dealkylation sites (tertiary alicyclic amines) is 1. The predicted molar refractivity (Wildman–Crippen MR) is 79.2 cm³/mol. The second-order valence-electron chi connectivity index (χ2n) is 6.14. The van der Waals surface area contributed by atoms with Crippen molar-refractivity contribution < 1.29 is 14.6 Å². The third-order valence-corrected chi connectivity index (χ3v) is 4.98. The van der Waals surface area contributed by atoms with E-state index in [1.807, 2.05) is 0 Å². The van der Waals surface area contributed by atoms with Crippen LogP contribution >= 0.6 is 0 Å². The highest BCUT2D eigenvalue weighted by Crippen LogP contribution is 2.41. The van der Waals surface area contributed by atoms with Crippen LogP contribution in [0.5, 0.6) is 0 Å². The van der Waals surface area contributed by atoms with Gasteiger partial charge in [-0.1, -0.05) is 24.3 Å². The summed E-state index contributed by atoms with van der Waals surface area (Å²) in [6.45, 7) is 1.65. The molecule has 0 radical (unpaired) electrons. The molecule has 1 N–H and O–H groups in total.